The van der Waals surface area contributed by atoms with Gasteiger partial charge < -0.3 is 9.84 Å². The predicted molar refractivity (Wildman–Crippen MR) is 103 cm³/mol. The highest BCUT2D eigenvalue weighted by molar-refractivity contribution is 14.1. The van der Waals surface area contributed by atoms with E-state index in [9.17, 15) is 20.0 Å². The second kappa shape index (κ2) is 8.76. The number of nitrogens with one attached hydrogen (secondary N) is 1. The Morgan fingerprint density at radius 3 is 2.84 bits per heavy atom. The molecule has 0 aliphatic heterocycles. The fraction of sp³-hybridized carbons (Fsp3) is 0.0667. The molecule has 0 saturated heterocycles. The van der Waals surface area contributed by atoms with Crippen LogP contribution in [-0.4, -0.2) is 28.8 Å². The van der Waals surface area contributed by atoms with Crippen LogP contribution in [0, 0.1) is 13.7 Å². The second-order valence-corrected chi connectivity index (χ2v) is 6.65. The summed E-state index contributed by atoms with van der Waals surface area (Å²) < 4.78 is 6.37. The van der Waals surface area contributed by atoms with Crippen LogP contribution in [-0.2, 0) is 4.79 Å². The molecular weight excluding hydrogens is 509 g/mol. The van der Waals surface area contributed by atoms with E-state index >= 15 is 0 Å². The van der Waals surface area contributed by atoms with Crippen LogP contribution in [0.5, 0.6) is 11.5 Å². The molecule has 0 saturated carbocycles. The van der Waals surface area contributed by atoms with E-state index < -0.39 is 10.8 Å². The normalized spacial score (nSPS) is 10.6. The van der Waals surface area contributed by atoms with E-state index in [4.69, 9.17) is 4.74 Å². The van der Waals surface area contributed by atoms with Crippen molar-refractivity contribution >= 4 is 56.3 Å². The molecule has 2 rings (SSSR count). The Balaban J connectivity index is 1.97. The number of hydrogen-bond acceptors (Lipinski definition) is 6. The van der Waals surface area contributed by atoms with Gasteiger partial charge in [-0.2, -0.15) is 5.10 Å². The van der Waals surface area contributed by atoms with Gasteiger partial charge in [0.2, 0.25) is 0 Å². The van der Waals surface area contributed by atoms with Gasteiger partial charge in [0.1, 0.15) is 11.5 Å². The number of carbonyl (C=O) groups is 1. The van der Waals surface area contributed by atoms with E-state index in [2.05, 4.69) is 49.0 Å². The lowest BCUT2D eigenvalue weighted by Crippen LogP contribution is -2.24. The van der Waals surface area contributed by atoms with E-state index in [1.54, 1.807) is 12.1 Å². The van der Waals surface area contributed by atoms with Gasteiger partial charge in [0.15, 0.2) is 6.61 Å². The highest BCUT2D eigenvalue weighted by atomic mass is 127. The zero-order valence-electron chi connectivity index (χ0n) is 12.5. The predicted octanol–water partition coefficient (Wildman–Crippen LogP) is 3.20. The monoisotopic (exact) mass is 519 g/mol. The minimum absolute atomic E-state index is 0.0832. The maximum Gasteiger partial charge on any atom is 0.277 e. The Morgan fingerprint density at radius 1 is 1.44 bits per heavy atom. The summed E-state index contributed by atoms with van der Waals surface area (Å²) in [6.45, 7) is -0.248. The number of para-hydroxylation sites is 1. The van der Waals surface area contributed by atoms with E-state index in [1.165, 1.54) is 6.07 Å². The minimum Gasteiger partial charge on any atom is -0.506 e. The number of phenolic OH excluding ortho intramolecular Hbond substituents is 1. The molecule has 2 N–H and O–H groups in total. The maximum absolute atomic E-state index is 11.7. The van der Waals surface area contributed by atoms with Crippen LogP contribution < -0.4 is 10.2 Å². The summed E-state index contributed by atoms with van der Waals surface area (Å²) in [6, 6.07) is 9.52. The highest BCUT2D eigenvalue weighted by Gasteiger charge is 2.13. The molecule has 0 bridgehead atoms. The number of hydrogen-bond donors (Lipinski definition) is 2. The Kier molecular flexibility index (Phi) is 6.70. The van der Waals surface area contributed by atoms with E-state index in [0.717, 1.165) is 15.9 Å². The number of ether oxygens (including phenoxy) is 1. The van der Waals surface area contributed by atoms with Crippen molar-refractivity contribution in [1.29, 1.82) is 0 Å². The largest absolute Gasteiger partial charge is 0.506 e. The second-order valence-electron chi connectivity index (χ2n) is 4.63. The first kappa shape index (κ1) is 19.1. The van der Waals surface area contributed by atoms with Gasteiger partial charge in [-0.15, -0.1) is 0 Å². The summed E-state index contributed by atoms with van der Waals surface area (Å²) in [7, 11) is 0. The SMILES string of the molecule is O=C(COc1ccccc1I)N/N=C/c1cc([N+](=O)[O-])cc(Br)c1O. The summed E-state index contributed by atoms with van der Waals surface area (Å²) in [5.41, 5.74) is 2.08. The number of nitro benzene ring substituents is 1. The molecule has 2 aromatic carbocycles. The van der Waals surface area contributed by atoms with Gasteiger partial charge in [0.05, 0.1) is 19.2 Å². The molecule has 1 amide bonds. The smallest absolute Gasteiger partial charge is 0.277 e. The Morgan fingerprint density at radius 2 is 2.16 bits per heavy atom. The average molecular weight is 520 g/mol. The van der Waals surface area contributed by atoms with Crippen molar-refractivity contribution in [3.63, 3.8) is 0 Å². The lowest BCUT2D eigenvalue weighted by molar-refractivity contribution is -0.385. The van der Waals surface area contributed by atoms with E-state index in [0.29, 0.717) is 5.75 Å². The van der Waals surface area contributed by atoms with Crippen LogP contribution in [0.25, 0.3) is 0 Å². The Labute approximate surface area is 164 Å². The van der Waals surface area contributed by atoms with Crippen molar-refractivity contribution in [1.82, 2.24) is 5.43 Å². The number of benzene rings is 2. The van der Waals surface area contributed by atoms with E-state index in [1.807, 2.05) is 12.1 Å². The number of aromatic hydroxyl groups is 1. The lowest BCUT2D eigenvalue weighted by Gasteiger charge is -2.06. The Hall–Kier alpha value is -2.21. The molecule has 130 valence electrons. The number of phenols is 1. The van der Waals surface area contributed by atoms with Crippen LogP contribution in [0.1, 0.15) is 5.56 Å². The number of nitro groups is 1. The molecule has 0 spiro atoms. The van der Waals surface area contributed by atoms with Crippen molar-refractivity contribution in [2.75, 3.05) is 6.61 Å². The van der Waals surface area contributed by atoms with Gasteiger partial charge in [0.25, 0.3) is 11.6 Å². The third-order valence-electron chi connectivity index (χ3n) is 2.88. The number of halogens is 2. The quantitative estimate of drug-likeness (QED) is 0.263. The van der Waals surface area contributed by atoms with Gasteiger partial charge in [-0.05, 0) is 50.7 Å². The molecule has 25 heavy (non-hydrogen) atoms. The van der Waals surface area contributed by atoms with E-state index in [-0.39, 0.29) is 28.1 Å². The van der Waals surface area contributed by atoms with Gasteiger partial charge in [-0.1, -0.05) is 12.1 Å². The molecule has 2 aromatic rings. The van der Waals surface area contributed by atoms with Gasteiger partial charge in [-0.3, -0.25) is 14.9 Å². The summed E-state index contributed by atoms with van der Waals surface area (Å²) in [5, 5.41) is 24.3. The summed E-state index contributed by atoms with van der Waals surface area (Å²) >= 11 is 5.10. The molecule has 0 aromatic heterocycles. The summed E-state index contributed by atoms with van der Waals surface area (Å²) in [6.07, 6.45) is 1.11. The fourth-order valence-electron chi connectivity index (χ4n) is 1.72. The number of non-ortho nitro benzene ring substituents is 1. The Bertz CT molecular complexity index is 844. The van der Waals surface area contributed by atoms with Gasteiger partial charge in [0, 0.05) is 17.7 Å². The zero-order valence-corrected chi connectivity index (χ0v) is 16.2. The third-order valence-corrected chi connectivity index (χ3v) is 4.37. The molecule has 0 unspecified atom stereocenters. The zero-order chi connectivity index (χ0) is 18.4. The highest BCUT2D eigenvalue weighted by Crippen LogP contribution is 2.31. The van der Waals surface area contributed by atoms with Crippen molar-refractivity contribution in [2.45, 2.75) is 0 Å². The minimum atomic E-state index is -0.602. The molecule has 8 nitrogen and oxygen atoms in total. The van der Waals surface area contributed by atoms with Crippen LogP contribution >= 0.6 is 38.5 Å². The van der Waals surface area contributed by atoms with Crippen LogP contribution in [0.3, 0.4) is 0 Å². The van der Waals surface area contributed by atoms with Crippen LogP contribution in [0.15, 0.2) is 46.0 Å². The molecule has 0 radical (unpaired) electrons. The molecule has 0 aliphatic carbocycles. The van der Waals surface area contributed by atoms with Crippen LogP contribution in [0.2, 0.25) is 0 Å². The fourth-order valence-corrected chi connectivity index (χ4v) is 2.73. The molecule has 0 aliphatic rings. The van der Waals surface area contributed by atoms with Crippen molar-refractivity contribution < 1.29 is 19.6 Å². The van der Waals surface area contributed by atoms with Crippen molar-refractivity contribution in [3.8, 4) is 11.5 Å². The number of nitrogens with zero attached hydrogens (tertiary/aromatic N) is 2. The first-order valence-electron chi connectivity index (χ1n) is 6.74. The number of amides is 1. The third kappa shape index (κ3) is 5.39. The topological polar surface area (TPSA) is 114 Å². The van der Waals surface area contributed by atoms with Crippen molar-refractivity contribution in [2.24, 2.45) is 5.10 Å². The molecule has 0 atom stereocenters. The number of hydrazone groups is 1. The summed E-state index contributed by atoms with van der Waals surface area (Å²) in [4.78, 5) is 21.9. The van der Waals surface area contributed by atoms with Gasteiger partial charge >= 0.3 is 0 Å². The molecule has 0 heterocycles. The molecule has 0 fully saturated rings. The van der Waals surface area contributed by atoms with Crippen molar-refractivity contribution in [3.05, 3.63) is 60.1 Å². The first-order valence-corrected chi connectivity index (χ1v) is 8.62. The molecular formula is C15H11BrIN3O5. The number of carbonyl (C=O) groups excluding carboxylic acids is 1. The first-order chi connectivity index (χ1) is 11.9. The lowest BCUT2D eigenvalue weighted by atomic mass is 10.2. The standard InChI is InChI=1S/C15H11BrIN3O5/c16-11-6-10(20(23)24)5-9(15(11)22)7-18-19-14(21)8-25-13-4-2-1-3-12(13)17/h1-7,22H,8H2,(H,19,21)/b18-7+. The number of rotatable bonds is 6. The average Bonchev–Trinajstić information content (AvgIpc) is 2.57. The summed E-state index contributed by atoms with van der Waals surface area (Å²) in [5.74, 6) is -0.166. The van der Waals surface area contributed by atoms with Gasteiger partial charge in [-0.25, -0.2) is 5.43 Å². The molecule has 10 heteroatoms. The maximum atomic E-state index is 11.7. The van der Waals surface area contributed by atoms with Crippen LogP contribution in [0.4, 0.5) is 5.69 Å².